The molecule has 73 heavy (non-hydrogen) atoms. The lowest BCUT2D eigenvalue weighted by atomic mass is 10.0. The fraction of sp³-hybridized carbons (Fsp3) is 0.776. The van der Waals surface area contributed by atoms with Crippen LogP contribution in [0.25, 0.3) is 0 Å². The van der Waals surface area contributed by atoms with Crippen molar-refractivity contribution in [1.82, 2.24) is 0 Å². The molecule has 6 nitrogen and oxygen atoms in total. The minimum atomic E-state index is -0.779. The van der Waals surface area contributed by atoms with Gasteiger partial charge in [0.15, 0.2) is 6.10 Å². The number of allylic oxidation sites excluding steroid dienone is 12. The summed E-state index contributed by atoms with van der Waals surface area (Å²) >= 11 is 0. The van der Waals surface area contributed by atoms with Gasteiger partial charge < -0.3 is 14.2 Å². The summed E-state index contributed by atoms with van der Waals surface area (Å²) in [4.78, 5) is 38.3. The van der Waals surface area contributed by atoms with Crippen molar-refractivity contribution in [1.29, 1.82) is 0 Å². The standard InChI is InChI=1S/C67H118O6/c1-4-7-10-13-16-19-22-25-27-29-30-31-32-33-34-35-36-38-39-42-45-48-51-54-57-60-66(69)72-63-64(62-71-65(68)59-56-53-50-47-44-41-24-21-18-15-12-9-6-3)73-67(70)61-58-55-52-49-46-43-40-37-28-26-23-20-17-14-11-8-5-2/h7,10,16,19,25-28,30-31,33-34,64H,4-6,8-9,11-15,17-18,20-24,29,32,35-63H2,1-3H3/b10-7-,19-16-,27-25-,28-26-,31-30-,34-33-. The second-order valence-corrected chi connectivity index (χ2v) is 20.9. The molecule has 422 valence electrons. The lowest BCUT2D eigenvalue weighted by Crippen LogP contribution is -2.30. The average Bonchev–Trinajstić information content (AvgIpc) is 3.39. The van der Waals surface area contributed by atoms with E-state index < -0.39 is 6.10 Å². The van der Waals surface area contributed by atoms with Crippen molar-refractivity contribution in [3.05, 3.63) is 72.9 Å². The summed E-state index contributed by atoms with van der Waals surface area (Å²) in [6, 6.07) is 0. The Labute approximate surface area is 453 Å². The zero-order chi connectivity index (χ0) is 52.9. The molecule has 0 saturated heterocycles. The maximum absolute atomic E-state index is 12.9. The maximum Gasteiger partial charge on any atom is 0.306 e. The number of carbonyl (C=O) groups excluding carboxylic acids is 3. The molecule has 1 atom stereocenters. The number of hydrogen-bond acceptors (Lipinski definition) is 6. The minimum Gasteiger partial charge on any atom is -0.462 e. The topological polar surface area (TPSA) is 78.9 Å². The number of esters is 3. The Balaban J connectivity index is 4.31. The van der Waals surface area contributed by atoms with Crippen LogP contribution in [0.2, 0.25) is 0 Å². The molecule has 0 aromatic carbocycles. The SMILES string of the molecule is CC/C=C\C/C=C\C/C=C\C/C=C\C/C=C\CCCCCCCCCCCC(=O)OCC(COC(=O)CCCCCCCCCCCCCCC)OC(=O)CCCCCCCCC/C=C\CCCCCCCC. The predicted octanol–water partition coefficient (Wildman–Crippen LogP) is 21.3. The number of unbranched alkanes of at least 4 members (excludes halogenated alkanes) is 34. The lowest BCUT2D eigenvalue weighted by molar-refractivity contribution is -0.167. The fourth-order valence-electron chi connectivity index (χ4n) is 9.00. The molecule has 0 aliphatic carbocycles. The van der Waals surface area contributed by atoms with Gasteiger partial charge in [-0.3, -0.25) is 14.4 Å². The van der Waals surface area contributed by atoms with Gasteiger partial charge in [0.1, 0.15) is 13.2 Å². The van der Waals surface area contributed by atoms with Crippen molar-refractivity contribution in [2.24, 2.45) is 0 Å². The van der Waals surface area contributed by atoms with E-state index in [1.807, 2.05) is 0 Å². The van der Waals surface area contributed by atoms with E-state index in [0.29, 0.717) is 19.3 Å². The van der Waals surface area contributed by atoms with E-state index in [9.17, 15) is 14.4 Å². The number of hydrogen-bond donors (Lipinski definition) is 0. The van der Waals surface area contributed by atoms with Crippen LogP contribution in [0.1, 0.15) is 316 Å². The number of ether oxygens (including phenoxy) is 3. The highest BCUT2D eigenvalue weighted by atomic mass is 16.6. The molecule has 0 spiro atoms. The molecular formula is C67H118O6. The van der Waals surface area contributed by atoms with Gasteiger partial charge in [0, 0.05) is 19.3 Å². The van der Waals surface area contributed by atoms with Gasteiger partial charge in [-0.25, -0.2) is 0 Å². The van der Waals surface area contributed by atoms with Crippen LogP contribution < -0.4 is 0 Å². The van der Waals surface area contributed by atoms with E-state index in [1.165, 1.54) is 180 Å². The molecule has 0 amide bonds. The quantitative estimate of drug-likeness (QED) is 0.0261. The Hall–Kier alpha value is -3.15. The van der Waals surface area contributed by atoms with E-state index in [1.54, 1.807) is 0 Å². The smallest absolute Gasteiger partial charge is 0.306 e. The van der Waals surface area contributed by atoms with Crippen molar-refractivity contribution >= 4 is 17.9 Å². The number of rotatable bonds is 57. The highest BCUT2D eigenvalue weighted by Crippen LogP contribution is 2.16. The molecule has 0 N–H and O–H groups in total. The molecule has 0 bridgehead atoms. The summed E-state index contributed by atoms with van der Waals surface area (Å²) in [5.74, 6) is -0.872. The molecule has 0 fully saturated rings. The molecule has 1 unspecified atom stereocenters. The molecule has 0 heterocycles. The summed E-state index contributed by atoms with van der Waals surface area (Å²) in [6.07, 6.45) is 79.0. The molecule has 0 radical (unpaired) electrons. The zero-order valence-corrected chi connectivity index (χ0v) is 48.4. The molecule has 0 aromatic heterocycles. The third-order valence-corrected chi connectivity index (χ3v) is 13.7. The van der Waals surface area contributed by atoms with Crippen LogP contribution in [0, 0.1) is 0 Å². The fourth-order valence-corrected chi connectivity index (χ4v) is 9.00. The van der Waals surface area contributed by atoms with Crippen LogP contribution in [-0.2, 0) is 28.6 Å². The Morgan fingerprint density at radius 1 is 0.288 bits per heavy atom. The van der Waals surface area contributed by atoms with Gasteiger partial charge in [0.05, 0.1) is 0 Å². The third kappa shape index (κ3) is 59.6. The van der Waals surface area contributed by atoms with Gasteiger partial charge in [0.2, 0.25) is 0 Å². The van der Waals surface area contributed by atoms with Crippen LogP contribution in [0.5, 0.6) is 0 Å². The minimum absolute atomic E-state index is 0.0755. The zero-order valence-electron chi connectivity index (χ0n) is 48.4. The summed E-state index contributed by atoms with van der Waals surface area (Å²) < 4.78 is 16.9. The van der Waals surface area contributed by atoms with Crippen LogP contribution in [0.4, 0.5) is 0 Å². The molecular weight excluding hydrogens is 901 g/mol. The normalized spacial score (nSPS) is 12.5. The highest BCUT2D eigenvalue weighted by Gasteiger charge is 2.19. The maximum atomic E-state index is 12.9. The Morgan fingerprint density at radius 3 is 0.849 bits per heavy atom. The first-order chi connectivity index (χ1) is 36.0. The van der Waals surface area contributed by atoms with E-state index in [4.69, 9.17) is 14.2 Å². The molecule has 0 aromatic rings. The number of carbonyl (C=O) groups is 3. The van der Waals surface area contributed by atoms with Crippen molar-refractivity contribution in [3.63, 3.8) is 0 Å². The first kappa shape index (κ1) is 69.8. The van der Waals surface area contributed by atoms with Crippen molar-refractivity contribution in [2.45, 2.75) is 322 Å². The predicted molar refractivity (Wildman–Crippen MR) is 316 cm³/mol. The summed E-state index contributed by atoms with van der Waals surface area (Å²) in [5, 5.41) is 0. The van der Waals surface area contributed by atoms with E-state index in [-0.39, 0.29) is 31.1 Å². The molecule has 0 saturated carbocycles. The highest BCUT2D eigenvalue weighted by molar-refractivity contribution is 5.71. The van der Waals surface area contributed by atoms with Gasteiger partial charge in [-0.1, -0.05) is 280 Å². The Kier molecular flexibility index (Phi) is 58.7. The van der Waals surface area contributed by atoms with E-state index in [0.717, 1.165) is 96.3 Å². The van der Waals surface area contributed by atoms with Crippen LogP contribution >= 0.6 is 0 Å². The van der Waals surface area contributed by atoms with Crippen molar-refractivity contribution in [3.8, 4) is 0 Å². The second kappa shape index (κ2) is 61.4. The first-order valence-electron chi connectivity index (χ1n) is 31.4. The Bertz CT molecular complexity index is 1360. The van der Waals surface area contributed by atoms with Gasteiger partial charge in [-0.15, -0.1) is 0 Å². The monoisotopic (exact) mass is 1020 g/mol. The second-order valence-electron chi connectivity index (χ2n) is 20.9. The van der Waals surface area contributed by atoms with Gasteiger partial charge >= 0.3 is 17.9 Å². The van der Waals surface area contributed by atoms with Gasteiger partial charge in [-0.05, 0) is 89.9 Å². The van der Waals surface area contributed by atoms with Gasteiger partial charge in [0.25, 0.3) is 0 Å². The largest absolute Gasteiger partial charge is 0.462 e. The van der Waals surface area contributed by atoms with E-state index >= 15 is 0 Å². The first-order valence-corrected chi connectivity index (χ1v) is 31.4. The summed E-state index contributed by atoms with van der Waals surface area (Å²) in [6.45, 7) is 6.55. The van der Waals surface area contributed by atoms with Crippen LogP contribution in [-0.4, -0.2) is 37.2 Å². The van der Waals surface area contributed by atoms with Crippen molar-refractivity contribution in [2.75, 3.05) is 13.2 Å². The molecule has 0 aliphatic rings. The van der Waals surface area contributed by atoms with Gasteiger partial charge in [-0.2, -0.15) is 0 Å². The summed E-state index contributed by atoms with van der Waals surface area (Å²) in [7, 11) is 0. The molecule has 6 heteroatoms. The molecule has 0 aliphatic heterocycles. The average molecular weight is 1020 g/mol. The molecule has 0 rings (SSSR count). The third-order valence-electron chi connectivity index (χ3n) is 13.7. The Morgan fingerprint density at radius 2 is 0.534 bits per heavy atom. The summed E-state index contributed by atoms with van der Waals surface area (Å²) in [5.41, 5.74) is 0. The van der Waals surface area contributed by atoms with E-state index in [2.05, 4.69) is 93.7 Å². The van der Waals surface area contributed by atoms with Crippen LogP contribution in [0.15, 0.2) is 72.9 Å². The van der Waals surface area contributed by atoms with Crippen molar-refractivity contribution < 1.29 is 28.6 Å². The van der Waals surface area contributed by atoms with Crippen LogP contribution in [0.3, 0.4) is 0 Å². The lowest BCUT2D eigenvalue weighted by Gasteiger charge is -2.18.